The van der Waals surface area contributed by atoms with Crippen molar-refractivity contribution in [2.24, 2.45) is 5.92 Å². The summed E-state index contributed by atoms with van der Waals surface area (Å²) in [7, 11) is 0. The minimum atomic E-state index is -4.65. The van der Waals surface area contributed by atoms with Gasteiger partial charge in [-0.3, -0.25) is 4.79 Å². The Balaban J connectivity index is 1.82. The third-order valence-corrected chi connectivity index (χ3v) is 5.83. The van der Waals surface area contributed by atoms with Crippen molar-refractivity contribution in [1.29, 1.82) is 0 Å². The van der Waals surface area contributed by atoms with Crippen molar-refractivity contribution in [1.82, 2.24) is 15.3 Å². The van der Waals surface area contributed by atoms with E-state index >= 15 is 0 Å². The monoisotopic (exact) mass is 417 g/mol. The molecular weight excluding hydrogens is 402 g/mol. The minimum Gasteiger partial charge on any atom is -0.350 e. The molecule has 1 amide bonds. The van der Waals surface area contributed by atoms with Crippen molar-refractivity contribution in [2.75, 3.05) is 6.54 Å². The Labute approximate surface area is 164 Å². The highest BCUT2D eigenvalue weighted by atomic mass is 35.5. The van der Waals surface area contributed by atoms with Gasteiger partial charge in [-0.15, -0.1) is 23.2 Å². The van der Waals surface area contributed by atoms with Crippen LogP contribution in [-0.2, 0) is 11.1 Å². The fraction of sp³-hybridized carbons (Fsp3) is 0.389. The molecule has 1 aliphatic carbocycles. The third-order valence-electron chi connectivity index (χ3n) is 4.40. The molecule has 1 heterocycles. The number of hydrogen-bond acceptors (Lipinski definition) is 3. The molecular formula is C18H16Cl2F3N3O. The molecule has 9 heteroatoms. The molecule has 0 saturated heterocycles. The van der Waals surface area contributed by atoms with Gasteiger partial charge in [0, 0.05) is 30.1 Å². The van der Waals surface area contributed by atoms with Gasteiger partial charge in [0.2, 0.25) is 5.82 Å². The molecule has 144 valence electrons. The molecule has 2 aromatic rings. The number of nitrogens with one attached hydrogen (secondary N) is 1. The van der Waals surface area contributed by atoms with Gasteiger partial charge in [-0.05, 0) is 30.9 Å². The molecule has 1 aliphatic rings. The number of hydrogen-bond donors (Lipinski definition) is 1. The van der Waals surface area contributed by atoms with Gasteiger partial charge < -0.3 is 5.32 Å². The average molecular weight is 418 g/mol. The Bertz CT molecular complexity index is 798. The number of alkyl halides is 5. The van der Waals surface area contributed by atoms with Crippen LogP contribution in [0, 0.1) is 5.92 Å². The number of benzene rings is 1. The number of nitrogens with zero attached hydrogens (tertiary/aromatic N) is 2. The average Bonchev–Trinajstić information content (AvgIpc) is 3.50. The van der Waals surface area contributed by atoms with E-state index in [2.05, 4.69) is 15.3 Å². The summed E-state index contributed by atoms with van der Waals surface area (Å²) in [4.78, 5) is 17.7. The number of rotatable bonds is 6. The van der Waals surface area contributed by atoms with Crippen molar-refractivity contribution in [3.05, 3.63) is 59.7 Å². The van der Waals surface area contributed by atoms with Gasteiger partial charge in [-0.1, -0.05) is 18.2 Å². The first-order valence-corrected chi connectivity index (χ1v) is 9.09. The zero-order chi connectivity index (χ0) is 19.7. The van der Waals surface area contributed by atoms with Crippen LogP contribution in [0.1, 0.15) is 34.6 Å². The summed E-state index contributed by atoms with van der Waals surface area (Å²) in [5.74, 6) is -1.48. The van der Waals surface area contributed by atoms with Crippen LogP contribution < -0.4 is 5.32 Å². The highest BCUT2D eigenvalue weighted by Crippen LogP contribution is 2.47. The number of carbonyl (C=O) groups is 1. The highest BCUT2D eigenvalue weighted by Gasteiger charge is 2.47. The lowest BCUT2D eigenvalue weighted by atomic mass is 9.93. The molecule has 0 aliphatic heterocycles. The number of aromatic nitrogens is 2. The maximum Gasteiger partial charge on any atom is 0.451 e. The molecule has 1 fully saturated rings. The zero-order valence-electron chi connectivity index (χ0n) is 14.0. The first kappa shape index (κ1) is 19.9. The molecule has 3 rings (SSSR count). The quantitative estimate of drug-likeness (QED) is 0.709. The molecule has 0 bridgehead atoms. The molecule has 4 nitrogen and oxygen atoms in total. The van der Waals surface area contributed by atoms with Crippen LogP contribution in [0.15, 0.2) is 42.7 Å². The van der Waals surface area contributed by atoms with E-state index in [1.165, 1.54) is 0 Å². The van der Waals surface area contributed by atoms with Crippen LogP contribution in [-0.4, -0.2) is 27.8 Å². The third kappa shape index (κ3) is 4.52. The summed E-state index contributed by atoms with van der Waals surface area (Å²) in [6, 6.07) is 8.52. The lowest BCUT2D eigenvalue weighted by Crippen LogP contribution is -2.44. The van der Waals surface area contributed by atoms with E-state index < -0.39 is 22.3 Å². The fourth-order valence-electron chi connectivity index (χ4n) is 2.71. The molecule has 1 aromatic carbocycles. The second-order valence-corrected chi connectivity index (χ2v) is 7.59. The highest BCUT2D eigenvalue weighted by molar-refractivity contribution is 6.33. The van der Waals surface area contributed by atoms with Gasteiger partial charge in [0.25, 0.3) is 5.91 Å². The Morgan fingerprint density at radius 1 is 1.19 bits per heavy atom. The molecule has 0 spiro atoms. The second kappa shape index (κ2) is 7.64. The number of carbonyl (C=O) groups excluding carboxylic acids is 1. The summed E-state index contributed by atoms with van der Waals surface area (Å²) in [5, 5.41) is 2.13. The maximum absolute atomic E-state index is 12.7. The Kier molecular flexibility index (Phi) is 5.63. The maximum atomic E-state index is 12.7. The largest absolute Gasteiger partial charge is 0.451 e. The smallest absolute Gasteiger partial charge is 0.350 e. The SMILES string of the molecule is O=C(NCC(Cl)(c1cnc(C(F)(F)F)nc1)C(Cl)C1CC1)c1ccccc1. The normalized spacial score (nSPS) is 17.8. The molecule has 2 unspecified atom stereocenters. The lowest BCUT2D eigenvalue weighted by Gasteiger charge is -2.32. The summed E-state index contributed by atoms with van der Waals surface area (Å²) in [5.41, 5.74) is 0.676. The number of halogens is 5. The standard InChI is InChI=1S/C18H16Cl2F3N3O/c19-14(11-6-7-11)17(20,10-26-15(27)12-4-2-1-3-5-12)13-8-24-16(25-9-13)18(21,22)23/h1-5,8-9,11,14H,6-7,10H2,(H,26,27). The molecule has 27 heavy (non-hydrogen) atoms. The van der Waals surface area contributed by atoms with Crippen LogP contribution in [0.3, 0.4) is 0 Å². The van der Waals surface area contributed by atoms with Gasteiger partial charge in [0.1, 0.15) is 4.87 Å². The van der Waals surface area contributed by atoms with Crippen molar-refractivity contribution < 1.29 is 18.0 Å². The number of amides is 1. The fourth-order valence-corrected chi connectivity index (χ4v) is 3.51. The van der Waals surface area contributed by atoms with Crippen molar-refractivity contribution in [3.8, 4) is 0 Å². The predicted molar refractivity (Wildman–Crippen MR) is 95.7 cm³/mol. The van der Waals surface area contributed by atoms with E-state index in [-0.39, 0.29) is 23.9 Å². The van der Waals surface area contributed by atoms with Gasteiger partial charge in [0.15, 0.2) is 0 Å². The van der Waals surface area contributed by atoms with Crippen LogP contribution in [0.2, 0.25) is 0 Å². The molecule has 1 aromatic heterocycles. The van der Waals surface area contributed by atoms with E-state index in [4.69, 9.17) is 23.2 Å². The van der Waals surface area contributed by atoms with E-state index in [1.807, 2.05) is 0 Å². The first-order valence-electron chi connectivity index (χ1n) is 8.28. The van der Waals surface area contributed by atoms with Gasteiger partial charge in [-0.25, -0.2) is 9.97 Å². The van der Waals surface area contributed by atoms with E-state index in [0.717, 1.165) is 25.2 Å². The van der Waals surface area contributed by atoms with Gasteiger partial charge in [0.05, 0.1) is 5.38 Å². The minimum absolute atomic E-state index is 0.0678. The van der Waals surface area contributed by atoms with Crippen molar-refractivity contribution >= 4 is 29.1 Å². The summed E-state index contributed by atoms with van der Waals surface area (Å²) in [6.45, 7) is -0.0678. The van der Waals surface area contributed by atoms with Crippen LogP contribution >= 0.6 is 23.2 Å². The van der Waals surface area contributed by atoms with E-state index in [0.29, 0.717) is 5.56 Å². The van der Waals surface area contributed by atoms with Gasteiger partial charge in [-0.2, -0.15) is 13.2 Å². The van der Waals surface area contributed by atoms with E-state index in [1.54, 1.807) is 30.3 Å². The molecule has 2 atom stereocenters. The molecule has 0 radical (unpaired) electrons. The Morgan fingerprint density at radius 3 is 2.30 bits per heavy atom. The zero-order valence-corrected chi connectivity index (χ0v) is 15.5. The summed E-state index contributed by atoms with van der Waals surface area (Å²) < 4.78 is 38.1. The summed E-state index contributed by atoms with van der Waals surface area (Å²) in [6.07, 6.45) is -0.857. The van der Waals surface area contributed by atoms with Crippen LogP contribution in [0.4, 0.5) is 13.2 Å². The van der Waals surface area contributed by atoms with Gasteiger partial charge >= 0.3 is 6.18 Å². The first-order chi connectivity index (χ1) is 12.7. The topological polar surface area (TPSA) is 54.9 Å². The lowest BCUT2D eigenvalue weighted by molar-refractivity contribution is -0.145. The Morgan fingerprint density at radius 2 is 1.78 bits per heavy atom. The summed E-state index contributed by atoms with van der Waals surface area (Å²) >= 11 is 13.3. The van der Waals surface area contributed by atoms with Crippen molar-refractivity contribution in [2.45, 2.75) is 29.3 Å². The van der Waals surface area contributed by atoms with Crippen molar-refractivity contribution in [3.63, 3.8) is 0 Å². The van der Waals surface area contributed by atoms with Crippen LogP contribution in [0.25, 0.3) is 0 Å². The second-order valence-electron chi connectivity index (χ2n) is 6.44. The van der Waals surface area contributed by atoms with Crippen LogP contribution in [0.5, 0.6) is 0 Å². The van der Waals surface area contributed by atoms with E-state index in [9.17, 15) is 18.0 Å². The predicted octanol–water partition coefficient (Wildman–Crippen LogP) is 4.38. The Hall–Kier alpha value is -1.86. The molecule has 1 saturated carbocycles. The molecule has 1 N–H and O–H groups in total.